The van der Waals surface area contributed by atoms with Gasteiger partial charge in [-0.1, -0.05) is 6.58 Å². The number of nitrogens with zero attached hydrogens (tertiary/aromatic N) is 2. The van der Waals surface area contributed by atoms with Crippen LogP contribution in [-0.2, 0) is 36.8 Å². The molecule has 18 heteroatoms. The van der Waals surface area contributed by atoms with E-state index in [9.17, 15) is 39.0 Å². The fraction of sp³-hybridized carbons (Fsp3) is 0.737. The van der Waals surface area contributed by atoms with Crippen molar-refractivity contribution in [3.63, 3.8) is 0 Å². The van der Waals surface area contributed by atoms with Gasteiger partial charge in [-0.25, -0.2) is 9.13 Å². The summed E-state index contributed by atoms with van der Waals surface area (Å²) in [7, 11) is -7.50. The van der Waals surface area contributed by atoms with Crippen LogP contribution < -0.4 is 5.32 Å². The summed E-state index contributed by atoms with van der Waals surface area (Å²) < 4.78 is 49.5. The zero-order chi connectivity index (χ0) is 27.9. The molecule has 6 N–H and O–H groups in total. The van der Waals surface area contributed by atoms with Crippen LogP contribution in [0.3, 0.4) is 0 Å². The molecule has 3 aliphatic rings. The normalized spacial score (nSPS) is 38.2. The Morgan fingerprint density at radius 1 is 1.19 bits per heavy atom. The summed E-state index contributed by atoms with van der Waals surface area (Å²) in [5.74, 6) is -0.142. The second-order valence-electron chi connectivity index (χ2n) is 9.12. The van der Waals surface area contributed by atoms with Gasteiger partial charge in [0.1, 0.15) is 24.3 Å². The van der Waals surface area contributed by atoms with E-state index in [0.717, 1.165) is 0 Å². The summed E-state index contributed by atoms with van der Waals surface area (Å²) in [4.78, 5) is 34.6. The van der Waals surface area contributed by atoms with Gasteiger partial charge in [0.05, 0.1) is 31.0 Å². The third kappa shape index (κ3) is 7.25. The molecule has 5 unspecified atom stereocenters. The molecule has 3 aliphatic heterocycles. The van der Waals surface area contributed by atoms with Gasteiger partial charge in [0.2, 0.25) is 0 Å². The number of hydrogen-bond donors (Lipinski definition) is 6. The lowest BCUT2D eigenvalue weighted by atomic mass is 9.96. The molecular formula is C19H33N3O13P2. The largest absolute Gasteiger partial charge is 0.483 e. The number of phosphoric ester groups is 2. The summed E-state index contributed by atoms with van der Waals surface area (Å²) in [6.07, 6.45) is -7.06. The van der Waals surface area contributed by atoms with E-state index in [0.29, 0.717) is 5.57 Å². The zero-order valence-electron chi connectivity index (χ0n) is 20.6. The van der Waals surface area contributed by atoms with Crippen LogP contribution in [0.5, 0.6) is 0 Å². The first-order valence-electron chi connectivity index (χ1n) is 11.2. The fourth-order valence-corrected chi connectivity index (χ4v) is 6.27. The van der Waals surface area contributed by atoms with Gasteiger partial charge >= 0.3 is 15.6 Å². The molecule has 2 saturated heterocycles. The van der Waals surface area contributed by atoms with Gasteiger partial charge in [-0.3, -0.25) is 13.8 Å². The number of phosphoric acid groups is 2. The maximum atomic E-state index is 12.4. The molecule has 0 aromatic rings. The second-order valence-corrected chi connectivity index (χ2v) is 12.1. The van der Waals surface area contributed by atoms with Crippen molar-refractivity contribution in [2.75, 3.05) is 20.7 Å². The topological polar surface area (TPSA) is 217 Å². The third-order valence-electron chi connectivity index (χ3n) is 6.02. The highest BCUT2D eigenvalue weighted by molar-refractivity contribution is 7.61. The van der Waals surface area contributed by atoms with Crippen molar-refractivity contribution in [3.8, 4) is 0 Å². The van der Waals surface area contributed by atoms with Crippen molar-refractivity contribution in [1.29, 1.82) is 0 Å². The number of carbonyl (C=O) groups excluding carboxylic acids is 1. The molecule has 212 valence electrons. The Hall–Kier alpha value is -1.23. The Bertz CT molecular complexity index is 1010. The molecule has 0 radical (unpaired) electrons. The average molecular weight is 573 g/mol. The third-order valence-corrected chi connectivity index (χ3v) is 8.63. The molecule has 0 spiro atoms. The lowest BCUT2D eigenvalue weighted by molar-refractivity contribution is -0.256. The van der Waals surface area contributed by atoms with Gasteiger partial charge in [-0.15, -0.1) is 0 Å². The van der Waals surface area contributed by atoms with Crippen LogP contribution in [0, 0.1) is 0 Å². The predicted octanol–water partition coefficient (Wildman–Crippen LogP) is -1.08. The van der Waals surface area contributed by atoms with Gasteiger partial charge < -0.3 is 49.7 Å². The maximum absolute atomic E-state index is 12.4. The van der Waals surface area contributed by atoms with Crippen molar-refractivity contribution in [1.82, 2.24) is 15.1 Å². The van der Waals surface area contributed by atoms with Crippen LogP contribution in [0.2, 0.25) is 0 Å². The van der Waals surface area contributed by atoms with E-state index in [1.165, 1.54) is 22.9 Å². The summed E-state index contributed by atoms with van der Waals surface area (Å²) in [6, 6.07) is -0.942. The minimum absolute atomic E-state index is 0.0267. The molecule has 0 aromatic carbocycles. The number of amides is 1. The number of aliphatic hydroxyl groups excluding tert-OH is 3. The lowest BCUT2D eigenvalue weighted by Gasteiger charge is -2.44. The Morgan fingerprint density at radius 2 is 1.84 bits per heavy atom. The van der Waals surface area contributed by atoms with Gasteiger partial charge in [0.25, 0.3) is 5.91 Å². The Balaban J connectivity index is 1.57. The average Bonchev–Trinajstić information content (AvgIpc) is 3.12. The van der Waals surface area contributed by atoms with Gasteiger partial charge in [-0.05, 0) is 27.9 Å². The molecule has 0 aromatic heterocycles. The summed E-state index contributed by atoms with van der Waals surface area (Å²) in [5.41, 5.74) is 0.366. The lowest BCUT2D eigenvalue weighted by Crippen LogP contribution is -2.62. The minimum Gasteiger partial charge on any atom is -0.390 e. The molecular weight excluding hydrogens is 540 g/mol. The summed E-state index contributed by atoms with van der Waals surface area (Å²) in [5, 5.41) is 33.5. The fourth-order valence-electron chi connectivity index (χ4n) is 4.12. The smallest absolute Gasteiger partial charge is 0.390 e. The van der Waals surface area contributed by atoms with Crippen LogP contribution in [0.25, 0.3) is 0 Å². The number of aliphatic hydroxyl groups is 3. The minimum atomic E-state index is -5.35. The molecule has 3 heterocycles. The molecule has 3 rings (SSSR count). The standard InChI is InChI=1S/C19H33N3O13P2/c1-9-7-22(11(3)20-18(9)26)14-6-12(23)13(33-14)8-31-36(27,28)35-37(29,30)34-19-17(25)15(21(4)5)16(24)10(2)32-19/h7,10,12-17,19,23-25H,3,6,8H2,1-2,4-5H3,(H,20,26)(H,27,28)(H,29,30)/t10?,12?,13-,14-,15+,16+,17?,19+/m1/s1. The van der Waals surface area contributed by atoms with Gasteiger partial charge in [0, 0.05) is 18.2 Å². The first kappa shape index (κ1) is 30.3. The molecule has 37 heavy (non-hydrogen) atoms. The number of hydrogen-bond acceptors (Lipinski definition) is 13. The number of likely N-dealkylation sites (N-methyl/N-ethyl adjacent to an activating group) is 1. The SMILES string of the molecule is C=C1NC(=O)C(C)=CN1[C@H]1CC(O)[C@@H](COP(=O)(O)OP(=O)(O)O[C@@H]2OC(C)[C@H](O)[C@H](N(C)C)C2O)O1. The van der Waals surface area contributed by atoms with E-state index in [2.05, 4.69) is 16.2 Å². The van der Waals surface area contributed by atoms with E-state index in [1.54, 1.807) is 21.0 Å². The van der Waals surface area contributed by atoms with Crippen LogP contribution in [0.4, 0.5) is 0 Å². The molecule has 16 nitrogen and oxygen atoms in total. The maximum Gasteiger partial charge on any atom is 0.483 e. The van der Waals surface area contributed by atoms with Crippen molar-refractivity contribution < 1.29 is 61.9 Å². The van der Waals surface area contributed by atoms with Crippen LogP contribution in [0.15, 0.2) is 24.2 Å². The van der Waals surface area contributed by atoms with Crippen LogP contribution >= 0.6 is 15.6 Å². The number of carbonyl (C=O) groups is 1. The first-order chi connectivity index (χ1) is 17.0. The Morgan fingerprint density at radius 3 is 2.46 bits per heavy atom. The Kier molecular flexibility index (Phi) is 9.41. The molecule has 2 fully saturated rings. The van der Waals surface area contributed by atoms with Crippen molar-refractivity contribution in [2.24, 2.45) is 0 Å². The van der Waals surface area contributed by atoms with E-state index < -0.39 is 71.3 Å². The van der Waals surface area contributed by atoms with Crippen molar-refractivity contribution in [3.05, 3.63) is 24.2 Å². The van der Waals surface area contributed by atoms with Gasteiger partial charge in [-0.2, -0.15) is 4.31 Å². The van der Waals surface area contributed by atoms with Crippen molar-refractivity contribution >= 4 is 21.6 Å². The van der Waals surface area contributed by atoms with Crippen molar-refractivity contribution in [2.45, 2.75) is 69.3 Å². The molecule has 1 amide bonds. The van der Waals surface area contributed by atoms with Gasteiger partial charge in [0.15, 0.2) is 6.29 Å². The molecule has 0 saturated carbocycles. The van der Waals surface area contributed by atoms with E-state index >= 15 is 0 Å². The summed E-state index contributed by atoms with van der Waals surface area (Å²) >= 11 is 0. The second kappa shape index (κ2) is 11.5. The molecule has 0 bridgehead atoms. The molecule has 10 atom stereocenters. The van der Waals surface area contributed by atoms with Crippen LogP contribution in [-0.4, -0.2) is 111 Å². The summed E-state index contributed by atoms with van der Waals surface area (Å²) in [6.45, 7) is 6.01. The van der Waals surface area contributed by atoms with E-state index in [1.807, 2.05) is 0 Å². The highest BCUT2D eigenvalue weighted by atomic mass is 31.3. The zero-order valence-corrected chi connectivity index (χ0v) is 22.4. The first-order valence-corrected chi connectivity index (χ1v) is 14.2. The van der Waals surface area contributed by atoms with Crippen LogP contribution in [0.1, 0.15) is 20.3 Å². The van der Waals surface area contributed by atoms with E-state index in [4.69, 9.17) is 18.5 Å². The highest BCUT2D eigenvalue weighted by Crippen LogP contribution is 2.61. The highest BCUT2D eigenvalue weighted by Gasteiger charge is 2.49. The monoisotopic (exact) mass is 573 g/mol. The Labute approximate surface area is 213 Å². The number of ether oxygens (including phenoxy) is 2. The number of rotatable bonds is 9. The number of nitrogens with one attached hydrogen (secondary N) is 1. The predicted molar refractivity (Wildman–Crippen MR) is 124 cm³/mol. The van der Waals surface area contributed by atoms with E-state index in [-0.39, 0.29) is 18.1 Å². The quantitative estimate of drug-likeness (QED) is 0.181. The molecule has 0 aliphatic carbocycles.